The van der Waals surface area contributed by atoms with Crippen molar-refractivity contribution >= 4 is 32.4 Å². The molecule has 2 aromatic carbocycles. The Balaban J connectivity index is 1.86. The van der Waals surface area contributed by atoms with Gasteiger partial charge in [0, 0.05) is 34.3 Å². The van der Waals surface area contributed by atoms with Gasteiger partial charge in [-0.3, -0.25) is 9.52 Å². The van der Waals surface area contributed by atoms with Gasteiger partial charge in [0.1, 0.15) is 0 Å². The number of nitrogens with one attached hydrogen (secondary N) is 2. The molecule has 0 bridgehead atoms. The van der Waals surface area contributed by atoms with E-state index in [9.17, 15) is 13.2 Å². The van der Waals surface area contributed by atoms with Crippen molar-refractivity contribution in [3.8, 4) is 0 Å². The number of hydrogen-bond acceptors (Lipinski definition) is 3. The minimum Gasteiger partial charge on any atom is -0.358 e. The van der Waals surface area contributed by atoms with Gasteiger partial charge >= 0.3 is 0 Å². The molecule has 0 atom stereocenters. The van der Waals surface area contributed by atoms with Crippen LogP contribution in [0.3, 0.4) is 0 Å². The number of H-pyrrole nitrogens is 1. The maximum atomic E-state index is 13.0. The van der Waals surface area contributed by atoms with Crippen molar-refractivity contribution < 1.29 is 13.2 Å². The number of fused-ring (bicyclic) bond motifs is 3. The van der Waals surface area contributed by atoms with Gasteiger partial charge in [-0.25, -0.2) is 8.42 Å². The molecule has 1 aliphatic rings. The van der Waals surface area contributed by atoms with E-state index in [4.69, 9.17) is 0 Å². The Hall–Kier alpha value is -2.60. The molecule has 6 heteroatoms. The monoisotopic (exact) mass is 396 g/mol. The molecule has 1 aromatic heterocycles. The van der Waals surface area contributed by atoms with E-state index in [0.717, 1.165) is 23.1 Å². The molecule has 0 saturated carbocycles. The highest BCUT2D eigenvalue weighted by molar-refractivity contribution is 7.92. The average molecular weight is 397 g/mol. The zero-order valence-electron chi connectivity index (χ0n) is 16.3. The van der Waals surface area contributed by atoms with E-state index in [-0.39, 0.29) is 16.1 Å². The molecular formula is C22H24N2O3S. The van der Waals surface area contributed by atoms with Crippen molar-refractivity contribution in [3.05, 3.63) is 59.3 Å². The molecule has 146 valence electrons. The van der Waals surface area contributed by atoms with Gasteiger partial charge in [0.15, 0.2) is 5.78 Å². The van der Waals surface area contributed by atoms with E-state index in [1.165, 1.54) is 0 Å². The number of Topliss-reactive ketones (excluding diaryl/α,β-unsaturated/α-hetero) is 1. The second kappa shape index (κ2) is 6.48. The number of rotatable bonds is 4. The van der Waals surface area contributed by atoms with Crippen LogP contribution >= 0.6 is 0 Å². The summed E-state index contributed by atoms with van der Waals surface area (Å²) >= 11 is 0. The number of aryl methyl sites for hydroxylation is 1. The fraction of sp³-hybridized carbons (Fsp3) is 0.318. The molecule has 0 spiro atoms. The van der Waals surface area contributed by atoms with Crippen molar-refractivity contribution in [3.63, 3.8) is 0 Å². The fourth-order valence-corrected chi connectivity index (χ4v) is 5.46. The Kier molecular flexibility index (Phi) is 4.34. The second-order valence-corrected chi connectivity index (χ2v) is 9.90. The quantitative estimate of drug-likeness (QED) is 0.672. The molecule has 0 fully saturated rings. The lowest BCUT2D eigenvalue weighted by Gasteiger charge is -2.28. The largest absolute Gasteiger partial charge is 0.358 e. The maximum Gasteiger partial charge on any atom is 0.262 e. The Morgan fingerprint density at radius 3 is 2.50 bits per heavy atom. The number of aromatic amines is 1. The molecule has 0 saturated heterocycles. The van der Waals surface area contributed by atoms with Crippen LogP contribution in [0.15, 0.2) is 47.4 Å². The fourth-order valence-electron chi connectivity index (χ4n) is 4.08. The van der Waals surface area contributed by atoms with Crippen LogP contribution < -0.4 is 4.72 Å². The first-order valence-electron chi connectivity index (χ1n) is 9.49. The summed E-state index contributed by atoms with van der Waals surface area (Å²) in [6, 6.07) is 12.4. The molecule has 3 aromatic rings. The predicted octanol–water partition coefficient (Wildman–Crippen LogP) is 4.69. The number of carbonyl (C=O) groups is 1. The van der Waals surface area contributed by atoms with E-state index in [0.29, 0.717) is 29.6 Å². The Bertz CT molecular complexity index is 1180. The summed E-state index contributed by atoms with van der Waals surface area (Å²) < 4.78 is 28.7. The summed E-state index contributed by atoms with van der Waals surface area (Å²) in [5.41, 5.74) is 3.46. The first-order chi connectivity index (χ1) is 13.2. The topological polar surface area (TPSA) is 79.0 Å². The molecule has 0 unspecified atom stereocenters. The van der Waals surface area contributed by atoms with E-state index >= 15 is 0 Å². The zero-order valence-corrected chi connectivity index (χ0v) is 17.1. The van der Waals surface area contributed by atoms with Crippen LogP contribution in [0.25, 0.3) is 10.9 Å². The standard InChI is InChI=1S/C22H24N2O3S/c1-4-14-10-16-17(23-18-12-22(2,3)13-19(25)21(16)18)11-20(14)28(26,27)24-15-8-6-5-7-9-15/h5-11,23-24H,4,12-13H2,1-3H3. The van der Waals surface area contributed by atoms with Crippen molar-refractivity contribution in [2.45, 2.75) is 44.9 Å². The molecule has 0 amide bonds. The van der Waals surface area contributed by atoms with Gasteiger partial charge in [-0.2, -0.15) is 0 Å². The molecular weight excluding hydrogens is 372 g/mol. The first-order valence-corrected chi connectivity index (χ1v) is 11.0. The summed E-state index contributed by atoms with van der Waals surface area (Å²) in [7, 11) is -3.74. The van der Waals surface area contributed by atoms with Gasteiger partial charge in [-0.15, -0.1) is 0 Å². The number of anilines is 1. The summed E-state index contributed by atoms with van der Waals surface area (Å²) in [6.45, 7) is 6.08. The van der Waals surface area contributed by atoms with Crippen molar-refractivity contribution in [2.24, 2.45) is 5.41 Å². The van der Waals surface area contributed by atoms with Crippen LogP contribution in [0.1, 0.15) is 48.8 Å². The highest BCUT2D eigenvalue weighted by Gasteiger charge is 2.34. The lowest BCUT2D eigenvalue weighted by Crippen LogP contribution is -2.26. The van der Waals surface area contributed by atoms with Gasteiger partial charge in [-0.05, 0) is 48.1 Å². The number of para-hydroxylation sites is 1. The number of sulfonamides is 1. The third-order valence-corrected chi connectivity index (χ3v) is 6.79. The summed E-state index contributed by atoms with van der Waals surface area (Å²) in [4.78, 5) is 16.3. The smallest absolute Gasteiger partial charge is 0.262 e. The van der Waals surface area contributed by atoms with Crippen LogP contribution in [0.5, 0.6) is 0 Å². The van der Waals surface area contributed by atoms with E-state index in [1.54, 1.807) is 30.3 Å². The number of carbonyl (C=O) groups excluding carboxylic acids is 1. The number of ketones is 1. The molecule has 1 heterocycles. The van der Waals surface area contributed by atoms with Crippen LogP contribution in [0.2, 0.25) is 0 Å². The number of hydrogen-bond donors (Lipinski definition) is 2. The van der Waals surface area contributed by atoms with Crippen molar-refractivity contribution in [1.29, 1.82) is 0 Å². The minimum absolute atomic E-state index is 0.0949. The summed E-state index contributed by atoms with van der Waals surface area (Å²) in [6.07, 6.45) is 1.83. The van der Waals surface area contributed by atoms with Gasteiger partial charge in [0.25, 0.3) is 10.0 Å². The predicted molar refractivity (Wildman–Crippen MR) is 111 cm³/mol. The average Bonchev–Trinajstić information content (AvgIpc) is 2.96. The number of aromatic nitrogens is 1. The third-order valence-electron chi connectivity index (χ3n) is 5.33. The van der Waals surface area contributed by atoms with Crippen LogP contribution in [0, 0.1) is 5.41 Å². The molecule has 5 nitrogen and oxygen atoms in total. The molecule has 4 rings (SSSR count). The molecule has 1 aliphatic carbocycles. The molecule has 0 radical (unpaired) electrons. The van der Waals surface area contributed by atoms with Crippen molar-refractivity contribution in [1.82, 2.24) is 4.98 Å². The first kappa shape index (κ1) is 18.7. The Morgan fingerprint density at radius 2 is 1.82 bits per heavy atom. The lowest BCUT2D eigenvalue weighted by molar-refractivity contribution is 0.0913. The highest BCUT2D eigenvalue weighted by Crippen LogP contribution is 2.39. The highest BCUT2D eigenvalue weighted by atomic mass is 32.2. The zero-order chi connectivity index (χ0) is 20.1. The van der Waals surface area contributed by atoms with Crippen LogP contribution in [-0.2, 0) is 22.9 Å². The Morgan fingerprint density at radius 1 is 1.11 bits per heavy atom. The van der Waals surface area contributed by atoms with E-state index in [2.05, 4.69) is 23.6 Å². The van der Waals surface area contributed by atoms with Crippen LogP contribution in [-0.4, -0.2) is 19.2 Å². The maximum absolute atomic E-state index is 13.0. The van der Waals surface area contributed by atoms with Crippen molar-refractivity contribution in [2.75, 3.05) is 4.72 Å². The SMILES string of the molecule is CCc1cc2c3c([nH]c2cc1S(=O)(=O)Nc1ccccc1)CC(C)(C)CC3=O. The van der Waals surface area contributed by atoms with E-state index in [1.807, 2.05) is 19.1 Å². The van der Waals surface area contributed by atoms with E-state index < -0.39 is 10.0 Å². The number of benzene rings is 2. The van der Waals surface area contributed by atoms with Crippen LogP contribution in [0.4, 0.5) is 5.69 Å². The molecule has 2 N–H and O–H groups in total. The molecule has 0 aliphatic heterocycles. The van der Waals surface area contributed by atoms with Gasteiger partial charge in [-0.1, -0.05) is 39.0 Å². The normalized spacial score (nSPS) is 16.2. The summed E-state index contributed by atoms with van der Waals surface area (Å²) in [5, 5.41) is 0.825. The van der Waals surface area contributed by atoms with Gasteiger partial charge in [0.05, 0.1) is 4.90 Å². The lowest BCUT2D eigenvalue weighted by atomic mass is 9.76. The van der Waals surface area contributed by atoms with Gasteiger partial charge < -0.3 is 4.98 Å². The Labute approximate surface area is 165 Å². The molecule has 28 heavy (non-hydrogen) atoms. The minimum atomic E-state index is -3.74. The second-order valence-electron chi connectivity index (χ2n) is 8.25. The summed E-state index contributed by atoms with van der Waals surface area (Å²) in [5.74, 6) is 0.123. The van der Waals surface area contributed by atoms with Gasteiger partial charge in [0.2, 0.25) is 0 Å². The third kappa shape index (κ3) is 3.22.